The van der Waals surface area contributed by atoms with Crippen LogP contribution in [0.25, 0.3) is 6.08 Å². The molecule has 0 amide bonds. The number of nitrogens with zero attached hydrogens (tertiary/aromatic N) is 1. The monoisotopic (exact) mass is 271 g/mol. The summed E-state index contributed by atoms with van der Waals surface area (Å²) >= 11 is 0. The molecule has 1 aromatic heterocycles. The number of aromatic nitrogens is 1. The molecule has 20 heavy (non-hydrogen) atoms. The summed E-state index contributed by atoms with van der Waals surface area (Å²) < 4.78 is 5.54. The van der Waals surface area contributed by atoms with Gasteiger partial charge in [-0.2, -0.15) is 0 Å². The van der Waals surface area contributed by atoms with Crippen molar-refractivity contribution in [2.45, 2.75) is 6.61 Å². The molecule has 0 fully saturated rings. The number of aliphatic hydroxyl groups excluding tert-OH is 1. The molecule has 2 aromatic rings. The molecule has 0 aliphatic carbocycles. The first kappa shape index (κ1) is 13.6. The Morgan fingerprint density at radius 1 is 1.15 bits per heavy atom. The van der Waals surface area contributed by atoms with Crippen LogP contribution in [0.1, 0.15) is 11.3 Å². The standard InChI is InChI=1S/C15H13NO4/c17-14(15(18)19)8-12-6-7-13(9-16-12)20-10-11-4-2-1-3-5-11/h1-9,17H,10H2,(H,18,19). The highest BCUT2D eigenvalue weighted by Crippen LogP contribution is 2.13. The van der Waals surface area contributed by atoms with Crippen LogP contribution in [0.2, 0.25) is 0 Å². The lowest BCUT2D eigenvalue weighted by Crippen LogP contribution is -1.99. The van der Waals surface area contributed by atoms with Crippen molar-refractivity contribution in [3.8, 4) is 5.75 Å². The van der Waals surface area contributed by atoms with Gasteiger partial charge in [-0.3, -0.25) is 4.98 Å². The van der Waals surface area contributed by atoms with Crippen LogP contribution in [0.3, 0.4) is 0 Å². The molecule has 5 heteroatoms. The normalized spacial score (nSPS) is 11.1. The molecule has 2 rings (SSSR count). The van der Waals surface area contributed by atoms with E-state index in [4.69, 9.17) is 14.9 Å². The first-order chi connectivity index (χ1) is 9.65. The van der Waals surface area contributed by atoms with E-state index in [1.165, 1.54) is 6.20 Å². The van der Waals surface area contributed by atoms with Crippen molar-refractivity contribution in [1.29, 1.82) is 0 Å². The van der Waals surface area contributed by atoms with Gasteiger partial charge in [0.15, 0.2) is 0 Å². The Labute approximate surface area is 115 Å². The number of ether oxygens (including phenoxy) is 1. The first-order valence-electron chi connectivity index (χ1n) is 5.92. The molecular formula is C15H13NO4. The summed E-state index contributed by atoms with van der Waals surface area (Å²) in [6, 6.07) is 12.9. The quantitative estimate of drug-likeness (QED) is 0.645. The van der Waals surface area contributed by atoms with Gasteiger partial charge in [0.25, 0.3) is 0 Å². The van der Waals surface area contributed by atoms with Gasteiger partial charge in [-0.15, -0.1) is 0 Å². The summed E-state index contributed by atoms with van der Waals surface area (Å²) in [5.41, 5.74) is 1.39. The summed E-state index contributed by atoms with van der Waals surface area (Å²) in [6.07, 6.45) is 2.55. The van der Waals surface area contributed by atoms with E-state index in [0.717, 1.165) is 11.6 Å². The lowest BCUT2D eigenvalue weighted by atomic mass is 10.2. The third kappa shape index (κ3) is 3.84. The molecule has 102 valence electrons. The summed E-state index contributed by atoms with van der Waals surface area (Å²) in [5.74, 6) is -1.58. The Bertz CT molecular complexity index is 606. The highest BCUT2D eigenvalue weighted by molar-refractivity contribution is 5.88. The second kappa shape index (κ2) is 6.38. The van der Waals surface area contributed by atoms with Crippen molar-refractivity contribution in [3.05, 3.63) is 65.7 Å². The Balaban J connectivity index is 1.98. The van der Waals surface area contributed by atoms with Crippen LogP contribution in [0, 0.1) is 0 Å². The molecule has 2 N–H and O–H groups in total. The third-order valence-corrected chi connectivity index (χ3v) is 2.51. The van der Waals surface area contributed by atoms with Crippen LogP contribution in [0.4, 0.5) is 0 Å². The SMILES string of the molecule is O=C(O)C(O)=Cc1ccc(OCc2ccccc2)cn1. The number of rotatable bonds is 5. The van der Waals surface area contributed by atoms with E-state index in [2.05, 4.69) is 4.98 Å². The minimum absolute atomic E-state index is 0.344. The Hall–Kier alpha value is -2.82. The molecule has 0 atom stereocenters. The van der Waals surface area contributed by atoms with E-state index in [0.29, 0.717) is 18.1 Å². The number of aliphatic hydroxyl groups is 1. The molecule has 0 aliphatic heterocycles. The highest BCUT2D eigenvalue weighted by atomic mass is 16.5. The molecule has 1 heterocycles. The van der Waals surface area contributed by atoms with Crippen LogP contribution in [0.15, 0.2) is 54.4 Å². The minimum atomic E-state index is -1.39. The van der Waals surface area contributed by atoms with Crippen molar-refractivity contribution < 1.29 is 19.7 Å². The zero-order chi connectivity index (χ0) is 14.4. The van der Waals surface area contributed by atoms with Crippen molar-refractivity contribution in [1.82, 2.24) is 4.98 Å². The van der Waals surface area contributed by atoms with Crippen molar-refractivity contribution in [2.24, 2.45) is 0 Å². The van der Waals surface area contributed by atoms with Crippen LogP contribution in [-0.2, 0) is 11.4 Å². The maximum atomic E-state index is 10.5. The fourth-order valence-electron chi connectivity index (χ4n) is 1.51. The number of carboxylic acid groups (broad SMARTS) is 1. The number of carbonyl (C=O) groups is 1. The molecule has 5 nitrogen and oxygen atoms in total. The minimum Gasteiger partial charge on any atom is -0.502 e. The Morgan fingerprint density at radius 3 is 2.50 bits per heavy atom. The predicted octanol–water partition coefficient (Wildman–Crippen LogP) is 2.64. The molecule has 1 aromatic carbocycles. The molecule has 0 saturated carbocycles. The zero-order valence-electron chi connectivity index (χ0n) is 10.6. The lowest BCUT2D eigenvalue weighted by molar-refractivity contribution is -0.135. The smallest absolute Gasteiger partial charge is 0.371 e. The maximum absolute atomic E-state index is 10.5. The first-order valence-corrected chi connectivity index (χ1v) is 5.92. The largest absolute Gasteiger partial charge is 0.502 e. The highest BCUT2D eigenvalue weighted by Gasteiger charge is 2.04. The van der Waals surface area contributed by atoms with Gasteiger partial charge in [0, 0.05) is 6.08 Å². The predicted molar refractivity (Wildman–Crippen MR) is 73.3 cm³/mol. The van der Waals surface area contributed by atoms with Gasteiger partial charge in [0.05, 0.1) is 11.9 Å². The average Bonchev–Trinajstić information content (AvgIpc) is 2.47. The summed E-state index contributed by atoms with van der Waals surface area (Å²) in [6.45, 7) is 0.429. The molecule has 0 unspecified atom stereocenters. The molecule has 0 aliphatic rings. The Kier molecular flexibility index (Phi) is 4.34. The fraction of sp³-hybridized carbons (Fsp3) is 0.0667. The molecule has 0 bridgehead atoms. The molecule has 0 radical (unpaired) electrons. The Morgan fingerprint density at radius 2 is 1.90 bits per heavy atom. The van der Waals surface area contributed by atoms with E-state index in [-0.39, 0.29) is 0 Å². The summed E-state index contributed by atoms with van der Waals surface area (Å²) in [5, 5.41) is 17.6. The fourth-order valence-corrected chi connectivity index (χ4v) is 1.51. The van der Waals surface area contributed by atoms with Crippen molar-refractivity contribution >= 4 is 12.0 Å². The van der Waals surface area contributed by atoms with Gasteiger partial charge >= 0.3 is 5.97 Å². The molecule has 0 saturated heterocycles. The number of carboxylic acids is 1. The number of aliphatic carboxylic acids is 1. The second-order valence-electron chi connectivity index (χ2n) is 4.03. The van der Waals surface area contributed by atoms with Gasteiger partial charge < -0.3 is 14.9 Å². The van der Waals surface area contributed by atoms with E-state index in [1.807, 2.05) is 30.3 Å². The van der Waals surface area contributed by atoms with Crippen LogP contribution < -0.4 is 4.74 Å². The van der Waals surface area contributed by atoms with Gasteiger partial charge in [-0.25, -0.2) is 4.79 Å². The zero-order valence-corrected chi connectivity index (χ0v) is 10.6. The van der Waals surface area contributed by atoms with Crippen molar-refractivity contribution in [3.63, 3.8) is 0 Å². The van der Waals surface area contributed by atoms with E-state index < -0.39 is 11.7 Å². The van der Waals surface area contributed by atoms with E-state index >= 15 is 0 Å². The number of hydrogen-bond donors (Lipinski definition) is 2. The van der Waals surface area contributed by atoms with Crippen LogP contribution >= 0.6 is 0 Å². The van der Waals surface area contributed by atoms with Crippen LogP contribution in [-0.4, -0.2) is 21.2 Å². The maximum Gasteiger partial charge on any atom is 0.371 e. The number of benzene rings is 1. The summed E-state index contributed by atoms with van der Waals surface area (Å²) in [4.78, 5) is 14.4. The van der Waals surface area contributed by atoms with Crippen molar-refractivity contribution in [2.75, 3.05) is 0 Å². The second-order valence-corrected chi connectivity index (χ2v) is 4.03. The average molecular weight is 271 g/mol. The number of hydrogen-bond acceptors (Lipinski definition) is 4. The molecular weight excluding hydrogens is 258 g/mol. The topological polar surface area (TPSA) is 79.7 Å². The third-order valence-electron chi connectivity index (χ3n) is 2.51. The van der Waals surface area contributed by atoms with E-state index in [9.17, 15) is 4.79 Å². The van der Waals surface area contributed by atoms with E-state index in [1.54, 1.807) is 12.1 Å². The lowest BCUT2D eigenvalue weighted by Gasteiger charge is -2.05. The summed E-state index contributed by atoms with van der Waals surface area (Å²) in [7, 11) is 0. The molecule has 0 spiro atoms. The van der Waals surface area contributed by atoms with Gasteiger partial charge in [0.1, 0.15) is 12.4 Å². The van der Waals surface area contributed by atoms with Crippen LogP contribution in [0.5, 0.6) is 5.75 Å². The van der Waals surface area contributed by atoms with Gasteiger partial charge in [0.2, 0.25) is 5.76 Å². The van der Waals surface area contributed by atoms with Gasteiger partial charge in [-0.1, -0.05) is 30.3 Å². The van der Waals surface area contributed by atoms with Gasteiger partial charge in [-0.05, 0) is 17.7 Å². The number of pyridine rings is 1.